The van der Waals surface area contributed by atoms with Crippen LogP contribution < -0.4 is 14.8 Å². The maximum atomic E-state index is 13.6. The smallest absolute Gasteiger partial charge is 0.331 e. The van der Waals surface area contributed by atoms with Gasteiger partial charge in [-0.05, 0) is 30.3 Å². The van der Waals surface area contributed by atoms with Crippen molar-refractivity contribution in [2.24, 2.45) is 0 Å². The number of carbonyl (C=O) groups is 2. The molecule has 0 saturated heterocycles. The third kappa shape index (κ3) is 5.72. The number of esters is 1. The highest BCUT2D eigenvalue weighted by Crippen LogP contribution is 2.28. The third-order valence-corrected chi connectivity index (χ3v) is 3.74. The minimum Gasteiger partial charge on any atom is -0.497 e. The van der Waals surface area contributed by atoms with E-state index in [1.807, 2.05) is 0 Å². The molecule has 0 fully saturated rings. The topological polar surface area (TPSA) is 73.9 Å². The van der Waals surface area contributed by atoms with Gasteiger partial charge >= 0.3 is 5.97 Å². The summed E-state index contributed by atoms with van der Waals surface area (Å²) < 4.78 is 28.7. The fourth-order valence-electron chi connectivity index (χ4n) is 2.10. The molecule has 0 heterocycles. The Morgan fingerprint density at radius 1 is 1.19 bits per heavy atom. The molecule has 8 heteroatoms. The van der Waals surface area contributed by atoms with Gasteiger partial charge in [-0.25, -0.2) is 9.18 Å². The van der Waals surface area contributed by atoms with Crippen LogP contribution in [0.1, 0.15) is 5.56 Å². The van der Waals surface area contributed by atoms with Gasteiger partial charge in [-0.1, -0.05) is 17.7 Å². The van der Waals surface area contributed by atoms with Gasteiger partial charge in [0.1, 0.15) is 17.3 Å². The number of halogens is 2. The lowest BCUT2D eigenvalue weighted by Gasteiger charge is -2.11. The van der Waals surface area contributed by atoms with Crippen LogP contribution in [0.2, 0.25) is 5.02 Å². The Morgan fingerprint density at radius 2 is 1.96 bits per heavy atom. The van der Waals surface area contributed by atoms with Gasteiger partial charge in [0.05, 0.1) is 24.9 Å². The van der Waals surface area contributed by atoms with E-state index in [1.165, 1.54) is 38.5 Å². The Balaban J connectivity index is 1.94. The first-order valence-corrected chi connectivity index (χ1v) is 8.13. The average Bonchev–Trinajstić information content (AvgIpc) is 2.66. The zero-order chi connectivity index (χ0) is 19.8. The number of anilines is 1. The van der Waals surface area contributed by atoms with E-state index < -0.39 is 24.3 Å². The summed E-state index contributed by atoms with van der Waals surface area (Å²) in [5.74, 6) is -1.03. The highest BCUT2D eigenvalue weighted by Gasteiger charge is 2.11. The number of amides is 1. The van der Waals surface area contributed by atoms with Crippen molar-refractivity contribution in [3.05, 3.63) is 58.9 Å². The van der Waals surface area contributed by atoms with Crippen molar-refractivity contribution in [1.82, 2.24) is 0 Å². The largest absolute Gasteiger partial charge is 0.497 e. The number of hydrogen-bond donors (Lipinski definition) is 1. The molecule has 0 radical (unpaired) electrons. The summed E-state index contributed by atoms with van der Waals surface area (Å²) >= 11 is 5.85. The van der Waals surface area contributed by atoms with Crippen molar-refractivity contribution in [2.75, 3.05) is 26.1 Å². The lowest BCUT2D eigenvalue weighted by atomic mass is 10.2. The minimum absolute atomic E-state index is 0.0571. The van der Waals surface area contributed by atoms with E-state index in [0.29, 0.717) is 17.2 Å². The first-order chi connectivity index (χ1) is 12.9. The van der Waals surface area contributed by atoms with Crippen LogP contribution in [0.15, 0.2) is 42.5 Å². The van der Waals surface area contributed by atoms with Gasteiger partial charge in [-0.2, -0.15) is 0 Å². The van der Waals surface area contributed by atoms with Gasteiger partial charge in [0.15, 0.2) is 6.61 Å². The quantitative estimate of drug-likeness (QED) is 0.573. The van der Waals surface area contributed by atoms with Crippen LogP contribution in [0.5, 0.6) is 11.5 Å². The van der Waals surface area contributed by atoms with E-state index >= 15 is 0 Å². The van der Waals surface area contributed by atoms with Gasteiger partial charge in [0, 0.05) is 17.7 Å². The number of benzene rings is 2. The van der Waals surface area contributed by atoms with Gasteiger partial charge in [0.25, 0.3) is 5.91 Å². The third-order valence-electron chi connectivity index (χ3n) is 3.41. The Kier molecular flexibility index (Phi) is 7.19. The molecule has 0 unspecified atom stereocenters. The zero-order valence-electron chi connectivity index (χ0n) is 14.6. The maximum Gasteiger partial charge on any atom is 0.331 e. The molecule has 0 bridgehead atoms. The molecule has 2 aromatic rings. The summed E-state index contributed by atoms with van der Waals surface area (Å²) in [5.41, 5.74) is 0.424. The molecule has 2 rings (SSSR count). The molecule has 0 atom stereocenters. The fourth-order valence-corrected chi connectivity index (χ4v) is 2.33. The summed E-state index contributed by atoms with van der Waals surface area (Å²) in [6.07, 6.45) is 2.17. The summed E-state index contributed by atoms with van der Waals surface area (Å²) in [7, 11) is 2.94. The molecular formula is C19H17ClFNO5. The molecule has 0 spiro atoms. The van der Waals surface area contributed by atoms with Gasteiger partial charge < -0.3 is 19.5 Å². The highest BCUT2D eigenvalue weighted by molar-refractivity contribution is 6.32. The lowest BCUT2D eigenvalue weighted by molar-refractivity contribution is -0.142. The monoisotopic (exact) mass is 393 g/mol. The van der Waals surface area contributed by atoms with Crippen molar-refractivity contribution >= 4 is 35.2 Å². The van der Waals surface area contributed by atoms with E-state index in [2.05, 4.69) is 5.32 Å². The van der Waals surface area contributed by atoms with E-state index in [1.54, 1.807) is 18.2 Å². The van der Waals surface area contributed by atoms with Crippen molar-refractivity contribution in [3.63, 3.8) is 0 Å². The van der Waals surface area contributed by atoms with Crippen molar-refractivity contribution in [3.8, 4) is 11.5 Å². The summed E-state index contributed by atoms with van der Waals surface area (Å²) in [4.78, 5) is 23.7. The van der Waals surface area contributed by atoms with Crippen LogP contribution in [0.4, 0.5) is 10.1 Å². The van der Waals surface area contributed by atoms with E-state index in [4.69, 9.17) is 25.8 Å². The molecule has 0 aliphatic heterocycles. The van der Waals surface area contributed by atoms with Crippen LogP contribution in [0, 0.1) is 5.82 Å². The summed E-state index contributed by atoms with van der Waals surface area (Å²) in [6, 6.07) is 9.02. The number of carbonyl (C=O) groups excluding carboxylic acids is 2. The molecule has 0 aliphatic rings. The Bertz CT molecular complexity index is 849. The molecule has 6 nitrogen and oxygen atoms in total. The van der Waals surface area contributed by atoms with E-state index in [9.17, 15) is 14.0 Å². The number of ether oxygens (including phenoxy) is 3. The van der Waals surface area contributed by atoms with Gasteiger partial charge in [-0.15, -0.1) is 0 Å². The predicted molar refractivity (Wildman–Crippen MR) is 99.6 cm³/mol. The molecular weight excluding hydrogens is 377 g/mol. The molecule has 2 aromatic carbocycles. The van der Waals surface area contributed by atoms with Crippen LogP contribution in [0.3, 0.4) is 0 Å². The number of nitrogens with one attached hydrogen (secondary N) is 1. The van der Waals surface area contributed by atoms with Crippen molar-refractivity contribution in [2.45, 2.75) is 0 Å². The highest BCUT2D eigenvalue weighted by atomic mass is 35.5. The molecule has 0 aromatic heterocycles. The van der Waals surface area contributed by atoms with Crippen LogP contribution in [0.25, 0.3) is 6.08 Å². The lowest BCUT2D eigenvalue weighted by Crippen LogP contribution is -2.20. The Labute approximate surface area is 160 Å². The maximum absolute atomic E-state index is 13.6. The second kappa shape index (κ2) is 9.59. The normalized spacial score (nSPS) is 10.5. The standard InChI is InChI=1S/C19H17ClFNO5/c1-25-12-6-8-17(26-2)16(10-12)22-18(23)11-27-19(24)9-7-13-14(20)4-3-5-15(13)21/h3-10H,11H2,1-2H3,(H,22,23)/b9-7+. The average molecular weight is 394 g/mol. The number of methoxy groups -OCH3 is 2. The molecule has 1 N–H and O–H groups in total. The summed E-state index contributed by atoms with van der Waals surface area (Å²) in [6.45, 7) is -0.533. The molecule has 0 saturated carbocycles. The second-order valence-electron chi connectivity index (χ2n) is 5.19. The van der Waals surface area contributed by atoms with Crippen LogP contribution >= 0.6 is 11.6 Å². The van der Waals surface area contributed by atoms with Gasteiger partial charge in [0.2, 0.25) is 0 Å². The Hall–Kier alpha value is -3.06. The number of hydrogen-bond acceptors (Lipinski definition) is 5. The zero-order valence-corrected chi connectivity index (χ0v) is 15.4. The molecule has 27 heavy (non-hydrogen) atoms. The predicted octanol–water partition coefficient (Wildman–Crippen LogP) is 3.69. The number of rotatable bonds is 7. The van der Waals surface area contributed by atoms with E-state index in [-0.39, 0.29) is 10.6 Å². The van der Waals surface area contributed by atoms with Crippen molar-refractivity contribution < 1.29 is 28.2 Å². The first kappa shape index (κ1) is 20.3. The van der Waals surface area contributed by atoms with Crippen LogP contribution in [-0.2, 0) is 14.3 Å². The molecule has 0 aliphatic carbocycles. The molecule has 1 amide bonds. The summed E-state index contributed by atoms with van der Waals surface area (Å²) in [5, 5.41) is 2.71. The second-order valence-corrected chi connectivity index (χ2v) is 5.60. The molecule has 142 valence electrons. The Morgan fingerprint density at radius 3 is 2.63 bits per heavy atom. The van der Waals surface area contributed by atoms with Crippen molar-refractivity contribution in [1.29, 1.82) is 0 Å². The SMILES string of the molecule is COc1ccc(OC)c(NC(=O)COC(=O)/C=C/c2c(F)cccc2Cl)c1. The van der Waals surface area contributed by atoms with E-state index in [0.717, 1.165) is 6.08 Å². The first-order valence-electron chi connectivity index (χ1n) is 7.75. The van der Waals surface area contributed by atoms with Crippen LogP contribution in [-0.4, -0.2) is 32.7 Å². The fraction of sp³-hybridized carbons (Fsp3) is 0.158. The minimum atomic E-state index is -0.818. The van der Waals surface area contributed by atoms with Gasteiger partial charge in [-0.3, -0.25) is 4.79 Å².